The fourth-order valence-corrected chi connectivity index (χ4v) is 3.27. The summed E-state index contributed by atoms with van der Waals surface area (Å²) in [5.41, 5.74) is 3.90. The smallest absolute Gasteiger partial charge is 0.335 e. The predicted molar refractivity (Wildman–Crippen MR) is 94.0 cm³/mol. The molecule has 0 saturated heterocycles. The van der Waals surface area contributed by atoms with Crippen LogP contribution in [0.3, 0.4) is 0 Å². The van der Waals surface area contributed by atoms with Crippen LogP contribution in [0.2, 0.25) is 0 Å². The van der Waals surface area contributed by atoms with Gasteiger partial charge in [0.2, 0.25) is 5.91 Å². The number of fused-ring (bicyclic) bond motifs is 1. The van der Waals surface area contributed by atoms with Gasteiger partial charge in [0.15, 0.2) is 0 Å². The quantitative estimate of drug-likeness (QED) is 0.911. The predicted octanol–water partition coefficient (Wildman–Crippen LogP) is 2.77. The first-order valence-electron chi connectivity index (χ1n) is 8.39. The lowest BCUT2D eigenvalue weighted by atomic mass is 9.87. The molecule has 132 valence electrons. The maximum Gasteiger partial charge on any atom is 0.335 e. The molecule has 1 aliphatic heterocycles. The molecule has 0 aliphatic carbocycles. The SMILES string of the molecule is CC(=O)N1CCc2c(c(C(C)(C)C)nn2-c2cccc(C(=O)O)c2)C1. The highest BCUT2D eigenvalue weighted by molar-refractivity contribution is 5.88. The molecule has 2 aromatic rings. The topological polar surface area (TPSA) is 75.4 Å². The van der Waals surface area contributed by atoms with Gasteiger partial charge in [-0.3, -0.25) is 4.79 Å². The highest BCUT2D eigenvalue weighted by Crippen LogP contribution is 2.32. The summed E-state index contributed by atoms with van der Waals surface area (Å²) in [6.45, 7) is 9.08. The Morgan fingerprint density at radius 2 is 1.96 bits per heavy atom. The summed E-state index contributed by atoms with van der Waals surface area (Å²) in [6.07, 6.45) is 0.704. The Labute approximate surface area is 147 Å². The van der Waals surface area contributed by atoms with Crippen LogP contribution in [0.5, 0.6) is 0 Å². The number of carbonyl (C=O) groups is 2. The zero-order chi connectivity index (χ0) is 18.4. The van der Waals surface area contributed by atoms with Crippen molar-refractivity contribution in [1.82, 2.24) is 14.7 Å². The Morgan fingerprint density at radius 3 is 2.56 bits per heavy atom. The molecule has 0 bridgehead atoms. The largest absolute Gasteiger partial charge is 0.478 e. The van der Waals surface area contributed by atoms with Gasteiger partial charge in [0.05, 0.1) is 22.6 Å². The summed E-state index contributed by atoms with van der Waals surface area (Å²) in [4.78, 5) is 24.9. The normalized spacial score (nSPS) is 14.3. The molecule has 1 aromatic carbocycles. The number of nitrogens with zero attached hydrogens (tertiary/aromatic N) is 3. The van der Waals surface area contributed by atoms with E-state index >= 15 is 0 Å². The number of carbonyl (C=O) groups excluding carboxylic acids is 1. The van der Waals surface area contributed by atoms with E-state index in [1.165, 1.54) is 0 Å². The van der Waals surface area contributed by atoms with E-state index < -0.39 is 5.97 Å². The highest BCUT2D eigenvalue weighted by atomic mass is 16.4. The van der Waals surface area contributed by atoms with Crippen molar-refractivity contribution in [3.63, 3.8) is 0 Å². The summed E-state index contributed by atoms with van der Waals surface area (Å²) < 4.78 is 1.85. The molecule has 1 N–H and O–H groups in total. The molecule has 0 unspecified atom stereocenters. The monoisotopic (exact) mass is 341 g/mol. The molecule has 2 heterocycles. The van der Waals surface area contributed by atoms with Crippen LogP contribution in [0, 0.1) is 0 Å². The molecule has 1 aliphatic rings. The first-order chi connectivity index (χ1) is 11.7. The van der Waals surface area contributed by atoms with Crippen LogP contribution in [0.25, 0.3) is 5.69 Å². The molecule has 3 rings (SSSR count). The van der Waals surface area contributed by atoms with Crippen molar-refractivity contribution in [2.24, 2.45) is 0 Å². The lowest BCUT2D eigenvalue weighted by Crippen LogP contribution is -2.35. The summed E-state index contributed by atoms with van der Waals surface area (Å²) in [5, 5.41) is 14.1. The molecule has 6 heteroatoms. The number of rotatable bonds is 2. The minimum atomic E-state index is -0.957. The summed E-state index contributed by atoms with van der Waals surface area (Å²) in [5.74, 6) is -0.896. The van der Waals surface area contributed by atoms with Crippen molar-refractivity contribution in [2.75, 3.05) is 6.54 Å². The lowest BCUT2D eigenvalue weighted by Gasteiger charge is -2.28. The van der Waals surface area contributed by atoms with E-state index in [9.17, 15) is 14.7 Å². The number of carboxylic acid groups (broad SMARTS) is 1. The molecular formula is C19H23N3O3. The minimum absolute atomic E-state index is 0.0612. The van der Waals surface area contributed by atoms with Gasteiger partial charge >= 0.3 is 5.97 Å². The molecule has 1 amide bonds. The van der Waals surface area contributed by atoms with E-state index in [1.54, 1.807) is 25.1 Å². The molecule has 1 aromatic heterocycles. The summed E-state index contributed by atoms with van der Waals surface area (Å²) >= 11 is 0. The van der Waals surface area contributed by atoms with Crippen LogP contribution in [0.4, 0.5) is 0 Å². The van der Waals surface area contributed by atoms with Crippen LogP contribution >= 0.6 is 0 Å². The van der Waals surface area contributed by atoms with Gasteiger partial charge in [-0.05, 0) is 18.2 Å². The average Bonchev–Trinajstić information content (AvgIpc) is 2.93. The molecule has 0 atom stereocenters. The number of amides is 1. The zero-order valence-corrected chi connectivity index (χ0v) is 15.0. The second kappa shape index (κ2) is 6.02. The van der Waals surface area contributed by atoms with Gasteiger partial charge in [0.1, 0.15) is 0 Å². The number of hydrogen-bond acceptors (Lipinski definition) is 3. The third-order valence-corrected chi connectivity index (χ3v) is 4.55. The second-order valence-electron chi connectivity index (χ2n) is 7.48. The van der Waals surface area contributed by atoms with E-state index in [0.29, 0.717) is 19.5 Å². The fourth-order valence-electron chi connectivity index (χ4n) is 3.27. The average molecular weight is 341 g/mol. The van der Waals surface area contributed by atoms with Crippen LogP contribution in [-0.4, -0.2) is 38.2 Å². The van der Waals surface area contributed by atoms with Gasteiger partial charge in [-0.25, -0.2) is 9.48 Å². The zero-order valence-electron chi connectivity index (χ0n) is 15.0. The Balaban J connectivity index is 2.15. The number of hydrogen-bond donors (Lipinski definition) is 1. The van der Waals surface area contributed by atoms with Gasteiger partial charge in [-0.2, -0.15) is 5.10 Å². The maximum absolute atomic E-state index is 11.8. The Morgan fingerprint density at radius 1 is 1.24 bits per heavy atom. The third kappa shape index (κ3) is 3.16. The first-order valence-corrected chi connectivity index (χ1v) is 8.39. The molecule has 0 radical (unpaired) electrons. The summed E-state index contributed by atoms with van der Waals surface area (Å²) in [7, 11) is 0. The second-order valence-corrected chi connectivity index (χ2v) is 7.48. The van der Waals surface area contributed by atoms with Crippen molar-refractivity contribution in [3.8, 4) is 5.69 Å². The molecular weight excluding hydrogens is 318 g/mol. The van der Waals surface area contributed by atoms with Gasteiger partial charge < -0.3 is 10.0 Å². The van der Waals surface area contributed by atoms with Crippen LogP contribution < -0.4 is 0 Å². The van der Waals surface area contributed by atoms with Crippen LogP contribution in [0.1, 0.15) is 55.0 Å². The highest BCUT2D eigenvalue weighted by Gasteiger charge is 2.31. The van der Waals surface area contributed by atoms with E-state index in [-0.39, 0.29) is 16.9 Å². The van der Waals surface area contributed by atoms with E-state index in [4.69, 9.17) is 5.10 Å². The third-order valence-electron chi connectivity index (χ3n) is 4.55. The Hall–Kier alpha value is -2.63. The molecule has 0 spiro atoms. The van der Waals surface area contributed by atoms with Gasteiger partial charge in [-0.1, -0.05) is 26.8 Å². The number of aromatic carboxylic acids is 1. The van der Waals surface area contributed by atoms with E-state index in [2.05, 4.69) is 20.8 Å². The van der Waals surface area contributed by atoms with Crippen molar-refractivity contribution in [3.05, 3.63) is 46.8 Å². The van der Waals surface area contributed by atoms with E-state index in [0.717, 1.165) is 22.6 Å². The molecule has 0 fully saturated rings. The first kappa shape index (κ1) is 17.2. The van der Waals surface area contributed by atoms with Crippen molar-refractivity contribution in [1.29, 1.82) is 0 Å². The van der Waals surface area contributed by atoms with Gasteiger partial charge in [0.25, 0.3) is 0 Å². The maximum atomic E-state index is 11.8. The molecule has 0 saturated carbocycles. The lowest BCUT2D eigenvalue weighted by molar-refractivity contribution is -0.129. The van der Waals surface area contributed by atoms with Crippen LogP contribution in [-0.2, 0) is 23.2 Å². The van der Waals surface area contributed by atoms with Crippen molar-refractivity contribution < 1.29 is 14.7 Å². The Bertz CT molecular complexity index is 846. The number of benzene rings is 1. The van der Waals surface area contributed by atoms with E-state index in [1.807, 2.05) is 15.6 Å². The number of carboxylic acids is 1. The van der Waals surface area contributed by atoms with Gasteiger partial charge in [-0.15, -0.1) is 0 Å². The Kier molecular flexibility index (Phi) is 4.14. The molecule has 25 heavy (non-hydrogen) atoms. The number of aromatic nitrogens is 2. The van der Waals surface area contributed by atoms with Crippen LogP contribution in [0.15, 0.2) is 24.3 Å². The van der Waals surface area contributed by atoms with Crippen molar-refractivity contribution in [2.45, 2.75) is 46.1 Å². The van der Waals surface area contributed by atoms with Gasteiger partial charge in [0, 0.05) is 37.4 Å². The van der Waals surface area contributed by atoms with Crippen molar-refractivity contribution >= 4 is 11.9 Å². The standard InChI is InChI=1S/C19H23N3O3/c1-12(23)21-9-8-16-15(11-21)17(19(2,3)4)20-22(16)14-7-5-6-13(10-14)18(24)25/h5-7,10H,8-9,11H2,1-4H3,(H,24,25). The minimum Gasteiger partial charge on any atom is -0.478 e. The summed E-state index contributed by atoms with van der Waals surface area (Å²) in [6, 6.07) is 6.81. The molecule has 6 nitrogen and oxygen atoms in total. The fraction of sp³-hybridized carbons (Fsp3) is 0.421.